The molecule has 0 radical (unpaired) electrons. The van der Waals surface area contributed by atoms with Crippen LogP contribution >= 0.6 is 11.8 Å². The van der Waals surface area contributed by atoms with E-state index in [1.165, 1.54) is 4.90 Å². The number of rotatable bonds is 5. The van der Waals surface area contributed by atoms with Gasteiger partial charge in [-0.2, -0.15) is 11.8 Å². The molecule has 0 aliphatic carbocycles. The van der Waals surface area contributed by atoms with Gasteiger partial charge >= 0.3 is 0 Å². The monoisotopic (exact) mass is 387 g/mol. The Balaban J connectivity index is 1.84. The van der Waals surface area contributed by atoms with Crippen LogP contribution in [0.15, 0.2) is 24.3 Å². The zero-order valence-electron chi connectivity index (χ0n) is 15.8. The normalized spacial score (nSPS) is 32.8. The Morgan fingerprint density at radius 3 is 2.67 bits per heavy atom. The maximum absolute atomic E-state index is 13.4. The Hall–Kier alpha value is -1.86. The predicted molar refractivity (Wildman–Crippen MR) is 105 cm³/mol. The lowest BCUT2D eigenvalue weighted by molar-refractivity contribution is -0.145. The summed E-state index contributed by atoms with van der Waals surface area (Å²) in [6.45, 7) is 3.87. The molecule has 1 spiro atoms. The van der Waals surface area contributed by atoms with Crippen molar-refractivity contribution in [1.29, 1.82) is 0 Å². The van der Waals surface area contributed by atoms with E-state index in [2.05, 4.69) is 10.6 Å². The highest BCUT2D eigenvalue weighted by molar-refractivity contribution is 7.98. The third-order valence-corrected chi connectivity index (χ3v) is 6.97. The van der Waals surface area contributed by atoms with Crippen molar-refractivity contribution in [2.75, 3.05) is 17.3 Å². The molecule has 2 N–H and O–H groups in total. The quantitative estimate of drug-likeness (QED) is 0.755. The second-order valence-electron chi connectivity index (χ2n) is 7.65. The predicted octanol–water partition coefficient (Wildman–Crippen LogP) is 1.96. The number of carbonyl (C=O) groups is 3. The van der Waals surface area contributed by atoms with Crippen LogP contribution in [0.5, 0.6) is 0 Å². The molecule has 4 rings (SSSR count). The topological polar surface area (TPSA) is 78.5 Å². The van der Waals surface area contributed by atoms with Crippen LogP contribution in [0.2, 0.25) is 0 Å². The number of fused-ring (bicyclic) bond motifs is 4. The van der Waals surface area contributed by atoms with Crippen LogP contribution in [0, 0.1) is 11.8 Å². The van der Waals surface area contributed by atoms with Gasteiger partial charge in [0.2, 0.25) is 17.7 Å². The van der Waals surface area contributed by atoms with Gasteiger partial charge in [0.05, 0.1) is 11.8 Å². The van der Waals surface area contributed by atoms with Gasteiger partial charge in [0.1, 0.15) is 5.54 Å². The molecule has 0 bridgehead atoms. The summed E-state index contributed by atoms with van der Waals surface area (Å²) in [6, 6.07) is 7.13. The molecule has 5 unspecified atom stereocenters. The van der Waals surface area contributed by atoms with Crippen molar-refractivity contribution in [1.82, 2.24) is 10.2 Å². The van der Waals surface area contributed by atoms with E-state index in [1.54, 1.807) is 11.8 Å². The Morgan fingerprint density at radius 2 is 1.96 bits per heavy atom. The first-order valence-electron chi connectivity index (χ1n) is 9.51. The van der Waals surface area contributed by atoms with Crippen LogP contribution in [0.4, 0.5) is 5.69 Å². The SMILES string of the molecule is CCC(C)N1C(=O)C2C(CCSC)NC3(C(=O)Nc4ccccc43)C2C1=O. The molecule has 3 amide bonds. The van der Waals surface area contributed by atoms with Crippen LogP contribution in [-0.4, -0.2) is 46.7 Å². The van der Waals surface area contributed by atoms with Crippen LogP contribution in [-0.2, 0) is 19.9 Å². The van der Waals surface area contributed by atoms with Crippen LogP contribution in [0.3, 0.4) is 0 Å². The highest BCUT2D eigenvalue weighted by Gasteiger charge is 2.70. The molecule has 3 heterocycles. The molecular formula is C20H25N3O3S. The first-order chi connectivity index (χ1) is 13.0. The van der Waals surface area contributed by atoms with E-state index in [0.717, 1.165) is 23.4 Å². The third-order valence-electron chi connectivity index (χ3n) is 6.32. The average molecular weight is 388 g/mol. The molecule has 1 aromatic carbocycles. The number of para-hydroxylation sites is 1. The summed E-state index contributed by atoms with van der Waals surface area (Å²) in [5.41, 5.74) is 0.351. The molecule has 2 saturated heterocycles. The summed E-state index contributed by atoms with van der Waals surface area (Å²) in [6.07, 6.45) is 3.47. The molecule has 27 heavy (non-hydrogen) atoms. The van der Waals surface area contributed by atoms with Crippen LogP contribution < -0.4 is 10.6 Å². The molecule has 6 nitrogen and oxygen atoms in total. The minimum atomic E-state index is -1.15. The Labute approximate surface area is 163 Å². The lowest BCUT2D eigenvalue weighted by atomic mass is 9.76. The molecule has 7 heteroatoms. The van der Waals surface area contributed by atoms with Crippen molar-refractivity contribution in [3.8, 4) is 0 Å². The van der Waals surface area contributed by atoms with Crippen molar-refractivity contribution >= 4 is 35.2 Å². The fourth-order valence-electron chi connectivity index (χ4n) is 4.89. The molecule has 5 atom stereocenters. The summed E-state index contributed by atoms with van der Waals surface area (Å²) in [4.78, 5) is 41.2. The molecular weight excluding hydrogens is 362 g/mol. The zero-order valence-corrected chi connectivity index (χ0v) is 16.6. The molecule has 144 valence electrons. The number of carbonyl (C=O) groups excluding carboxylic acids is 3. The van der Waals surface area contributed by atoms with E-state index in [4.69, 9.17) is 0 Å². The van der Waals surface area contributed by atoms with E-state index in [1.807, 2.05) is 44.4 Å². The maximum Gasteiger partial charge on any atom is 0.250 e. The number of amides is 3. The number of nitrogens with one attached hydrogen (secondary N) is 2. The summed E-state index contributed by atoms with van der Waals surface area (Å²) in [7, 11) is 0. The molecule has 1 aromatic rings. The largest absolute Gasteiger partial charge is 0.324 e. The number of benzene rings is 1. The van der Waals surface area contributed by atoms with E-state index in [-0.39, 0.29) is 29.8 Å². The fourth-order valence-corrected chi connectivity index (χ4v) is 5.38. The van der Waals surface area contributed by atoms with Gasteiger partial charge < -0.3 is 5.32 Å². The number of nitrogens with zero attached hydrogens (tertiary/aromatic N) is 1. The number of hydrogen-bond acceptors (Lipinski definition) is 5. The lowest BCUT2D eigenvalue weighted by Crippen LogP contribution is -2.54. The van der Waals surface area contributed by atoms with Gasteiger partial charge in [-0.3, -0.25) is 24.6 Å². The minimum absolute atomic E-state index is 0.132. The number of likely N-dealkylation sites (tertiary alicyclic amines) is 1. The fraction of sp³-hybridized carbons (Fsp3) is 0.550. The smallest absolute Gasteiger partial charge is 0.250 e. The zero-order chi connectivity index (χ0) is 19.3. The number of thioether (sulfide) groups is 1. The molecule has 0 aromatic heterocycles. The van der Waals surface area contributed by atoms with Crippen molar-refractivity contribution in [3.05, 3.63) is 29.8 Å². The van der Waals surface area contributed by atoms with Crippen LogP contribution in [0.1, 0.15) is 32.3 Å². The second kappa shape index (κ2) is 6.63. The van der Waals surface area contributed by atoms with Gasteiger partial charge in [-0.15, -0.1) is 0 Å². The van der Waals surface area contributed by atoms with Gasteiger partial charge in [0.25, 0.3) is 0 Å². The second-order valence-corrected chi connectivity index (χ2v) is 8.63. The lowest BCUT2D eigenvalue weighted by Gasteiger charge is -2.31. The summed E-state index contributed by atoms with van der Waals surface area (Å²) in [5.74, 6) is -0.884. The summed E-state index contributed by atoms with van der Waals surface area (Å²) >= 11 is 1.70. The molecule has 3 aliphatic heterocycles. The highest BCUT2D eigenvalue weighted by atomic mass is 32.2. The first kappa shape index (κ1) is 18.5. The van der Waals surface area contributed by atoms with Gasteiger partial charge in [0.15, 0.2) is 0 Å². The molecule has 3 aliphatic rings. The van der Waals surface area contributed by atoms with Gasteiger partial charge in [0, 0.05) is 23.3 Å². The number of imide groups is 1. The van der Waals surface area contributed by atoms with E-state index in [0.29, 0.717) is 6.42 Å². The highest BCUT2D eigenvalue weighted by Crippen LogP contribution is 2.53. The Morgan fingerprint density at radius 1 is 1.22 bits per heavy atom. The van der Waals surface area contributed by atoms with Crippen molar-refractivity contribution in [2.24, 2.45) is 11.8 Å². The van der Waals surface area contributed by atoms with E-state index in [9.17, 15) is 14.4 Å². The third kappa shape index (κ3) is 2.41. The van der Waals surface area contributed by atoms with Crippen molar-refractivity contribution in [3.63, 3.8) is 0 Å². The number of hydrogen-bond donors (Lipinski definition) is 2. The summed E-state index contributed by atoms with van der Waals surface area (Å²) < 4.78 is 0. The van der Waals surface area contributed by atoms with Crippen molar-refractivity contribution in [2.45, 2.75) is 44.3 Å². The Bertz CT molecular complexity index is 813. The standard InChI is InChI=1S/C20H25N3O3S/c1-4-11(2)23-17(24)15-14(9-10-27-3)22-20(16(15)18(23)25)12-7-5-6-8-13(12)21-19(20)26/h5-8,11,14-16,22H,4,9-10H2,1-3H3,(H,21,26). The molecule has 0 saturated carbocycles. The van der Waals surface area contributed by atoms with Gasteiger partial charge in [-0.25, -0.2) is 0 Å². The van der Waals surface area contributed by atoms with Crippen LogP contribution in [0.25, 0.3) is 0 Å². The first-order valence-corrected chi connectivity index (χ1v) is 10.9. The van der Waals surface area contributed by atoms with Gasteiger partial charge in [-0.05, 0) is 37.8 Å². The van der Waals surface area contributed by atoms with E-state index >= 15 is 0 Å². The van der Waals surface area contributed by atoms with Gasteiger partial charge in [-0.1, -0.05) is 25.1 Å². The molecule has 2 fully saturated rings. The average Bonchev–Trinajstić information content (AvgIpc) is 3.24. The number of anilines is 1. The van der Waals surface area contributed by atoms with E-state index < -0.39 is 17.4 Å². The minimum Gasteiger partial charge on any atom is -0.324 e. The maximum atomic E-state index is 13.4. The Kier molecular flexibility index (Phi) is 4.55. The summed E-state index contributed by atoms with van der Waals surface area (Å²) in [5, 5.41) is 6.38. The van der Waals surface area contributed by atoms with Crippen molar-refractivity contribution < 1.29 is 14.4 Å².